The Bertz CT molecular complexity index is 1190. The van der Waals surface area contributed by atoms with E-state index in [9.17, 15) is 14.4 Å². The van der Waals surface area contributed by atoms with Gasteiger partial charge in [0.1, 0.15) is 5.60 Å². The van der Waals surface area contributed by atoms with Crippen LogP contribution in [0.1, 0.15) is 42.3 Å². The van der Waals surface area contributed by atoms with Gasteiger partial charge < -0.3 is 15.8 Å². The molecule has 3 aromatic rings. The molecule has 0 aliphatic rings. The van der Waals surface area contributed by atoms with E-state index in [1.165, 1.54) is 6.08 Å². The van der Waals surface area contributed by atoms with Crippen molar-refractivity contribution in [1.29, 1.82) is 0 Å². The fraction of sp³-hybridized carbons (Fsp3) is 0.192. The number of nitrogens with two attached hydrogens (primary N) is 1. The molecule has 0 radical (unpaired) electrons. The van der Waals surface area contributed by atoms with Gasteiger partial charge in [-0.15, -0.1) is 11.3 Å². The van der Waals surface area contributed by atoms with Crippen molar-refractivity contribution >= 4 is 40.9 Å². The van der Waals surface area contributed by atoms with Crippen molar-refractivity contribution in [2.24, 2.45) is 5.73 Å². The fourth-order valence-electron chi connectivity index (χ4n) is 3.12. The highest BCUT2D eigenvalue weighted by Gasteiger charge is 2.18. The van der Waals surface area contributed by atoms with E-state index in [1.54, 1.807) is 41.7 Å². The zero-order valence-electron chi connectivity index (χ0n) is 18.8. The SMILES string of the molecule is CC(C)(C)OC(=O)Cc1ccc(-c2cccs2)cc1NC(=O)/C=C/c1cccc(C(N)=O)c1. The number of ether oxygens (including phenoxy) is 1. The summed E-state index contributed by atoms with van der Waals surface area (Å²) in [5.41, 5.74) is 7.87. The maximum atomic E-state index is 12.7. The average Bonchev–Trinajstić information content (AvgIpc) is 3.27. The fourth-order valence-corrected chi connectivity index (χ4v) is 3.84. The molecule has 6 nitrogen and oxygen atoms in total. The molecule has 2 aromatic carbocycles. The van der Waals surface area contributed by atoms with E-state index in [0.29, 0.717) is 22.4 Å². The second-order valence-electron chi connectivity index (χ2n) is 8.42. The molecule has 0 unspecified atom stereocenters. The normalized spacial score (nSPS) is 11.4. The molecule has 1 heterocycles. The summed E-state index contributed by atoms with van der Waals surface area (Å²) < 4.78 is 5.44. The van der Waals surface area contributed by atoms with E-state index in [4.69, 9.17) is 10.5 Å². The predicted molar refractivity (Wildman–Crippen MR) is 132 cm³/mol. The van der Waals surface area contributed by atoms with E-state index in [-0.39, 0.29) is 18.3 Å². The molecule has 0 bridgehead atoms. The zero-order chi connectivity index (χ0) is 24.0. The summed E-state index contributed by atoms with van der Waals surface area (Å²) in [5, 5.41) is 4.85. The lowest BCUT2D eigenvalue weighted by Crippen LogP contribution is -2.25. The van der Waals surface area contributed by atoms with E-state index in [2.05, 4.69) is 5.32 Å². The van der Waals surface area contributed by atoms with Crippen LogP contribution in [-0.2, 0) is 20.7 Å². The van der Waals surface area contributed by atoms with Crippen molar-refractivity contribution in [2.45, 2.75) is 32.8 Å². The Morgan fingerprint density at radius 2 is 1.85 bits per heavy atom. The monoisotopic (exact) mass is 462 g/mol. The number of carbonyl (C=O) groups excluding carboxylic acids is 3. The van der Waals surface area contributed by atoms with Gasteiger partial charge in [-0.3, -0.25) is 14.4 Å². The van der Waals surface area contributed by atoms with Crippen LogP contribution >= 0.6 is 11.3 Å². The summed E-state index contributed by atoms with van der Waals surface area (Å²) >= 11 is 1.59. The first-order valence-corrected chi connectivity index (χ1v) is 11.3. The predicted octanol–water partition coefficient (Wildman–Crippen LogP) is 5.05. The van der Waals surface area contributed by atoms with Crippen LogP contribution in [0.3, 0.4) is 0 Å². The van der Waals surface area contributed by atoms with E-state index in [1.807, 2.05) is 56.5 Å². The van der Waals surface area contributed by atoms with Gasteiger partial charge in [0.2, 0.25) is 11.8 Å². The van der Waals surface area contributed by atoms with Gasteiger partial charge in [-0.05, 0) is 73.2 Å². The maximum absolute atomic E-state index is 12.7. The molecule has 3 N–H and O–H groups in total. The van der Waals surface area contributed by atoms with E-state index in [0.717, 1.165) is 10.4 Å². The van der Waals surface area contributed by atoms with Crippen molar-refractivity contribution in [3.8, 4) is 10.4 Å². The van der Waals surface area contributed by atoms with Crippen LogP contribution in [-0.4, -0.2) is 23.4 Å². The number of rotatable bonds is 7. The molecule has 170 valence electrons. The number of anilines is 1. The largest absolute Gasteiger partial charge is 0.460 e. The third kappa shape index (κ3) is 7.15. The minimum atomic E-state index is -0.598. The van der Waals surface area contributed by atoms with Gasteiger partial charge in [-0.2, -0.15) is 0 Å². The van der Waals surface area contributed by atoms with Crippen LogP contribution in [0.4, 0.5) is 5.69 Å². The third-order valence-electron chi connectivity index (χ3n) is 4.53. The number of amides is 2. The van der Waals surface area contributed by atoms with Crippen molar-refractivity contribution in [1.82, 2.24) is 0 Å². The Morgan fingerprint density at radius 1 is 1.06 bits per heavy atom. The molecule has 0 fully saturated rings. The average molecular weight is 463 g/mol. The molecule has 7 heteroatoms. The summed E-state index contributed by atoms with van der Waals surface area (Å²) in [5.74, 6) is -1.28. The summed E-state index contributed by atoms with van der Waals surface area (Å²) in [6.07, 6.45) is 3.00. The van der Waals surface area contributed by atoms with Crippen LogP contribution in [0, 0.1) is 0 Å². The molecule has 1 aromatic heterocycles. The Hall–Kier alpha value is -3.71. The Balaban J connectivity index is 1.83. The maximum Gasteiger partial charge on any atom is 0.310 e. The molecular formula is C26H26N2O4S. The quantitative estimate of drug-likeness (QED) is 0.379. The molecule has 0 saturated carbocycles. The van der Waals surface area contributed by atoms with Crippen molar-refractivity contribution in [3.05, 3.63) is 82.7 Å². The number of hydrogen-bond donors (Lipinski definition) is 2. The van der Waals surface area contributed by atoms with Crippen molar-refractivity contribution in [3.63, 3.8) is 0 Å². The van der Waals surface area contributed by atoms with Crippen LogP contribution in [0.15, 0.2) is 66.1 Å². The second kappa shape index (κ2) is 10.3. The highest BCUT2D eigenvalue weighted by atomic mass is 32.1. The van der Waals surface area contributed by atoms with E-state index < -0.39 is 11.5 Å². The minimum Gasteiger partial charge on any atom is -0.460 e. The molecule has 0 aliphatic carbocycles. The standard InChI is InChI=1S/C26H26N2O4S/c1-26(2,3)32-24(30)16-18-10-11-19(22-8-5-13-33-22)15-21(18)28-23(29)12-9-17-6-4-7-20(14-17)25(27)31/h4-15H,16H2,1-3H3,(H2,27,31)(H,28,29)/b12-9+. The molecule has 0 atom stereocenters. The van der Waals surface area contributed by atoms with Gasteiger partial charge >= 0.3 is 5.97 Å². The van der Waals surface area contributed by atoms with Crippen LogP contribution in [0.2, 0.25) is 0 Å². The van der Waals surface area contributed by atoms with Gasteiger partial charge in [-0.1, -0.05) is 30.3 Å². The van der Waals surface area contributed by atoms with Crippen molar-refractivity contribution < 1.29 is 19.1 Å². The molecule has 33 heavy (non-hydrogen) atoms. The van der Waals surface area contributed by atoms with Gasteiger partial charge in [0.15, 0.2) is 0 Å². The van der Waals surface area contributed by atoms with Gasteiger partial charge in [0, 0.05) is 22.2 Å². The van der Waals surface area contributed by atoms with Crippen LogP contribution < -0.4 is 11.1 Å². The lowest BCUT2D eigenvalue weighted by atomic mass is 10.0. The first-order chi connectivity index (χ1) is 15.6. The Morgan fingerprint density at radius 3 is 2.52 bits per heavy atom. The Kier molecular flexibility index (Phi) is 7.45. The highest BCUT2D eigenvalue weighted by Crippen LogP contribution is 2.30. The van der Waals surface area contributed by atoms with Crippen molar-refractivity contribution in [2.75, 3.05) is 5.32 Å². The van der Waals surface area contributed by atoms with Crippen LogP contribution in [0.25, 0.3) is 16.5 Å². The second-order valence-corrected chi connectivity index (χ2v) is 9.37. The molecule has 2 amide bonds. The number of nitrogens with one attached hydrogen (secondary N) is 1. The molecule has 3 rings (SSSR count). The van der Waals surface area contributed by atoms with E-state index >= 15 is 0 Å². The van der Waals surface area contributed by atoms with Gasteiger partial charge in [0.05, 0.1) is 6.42 Å². The number of carbonyl (C=O) groups is 3. The third-order valence-corrected chi connectivity index (χ3v) is 5.45. The van der Waals surface area contributed by atoms with Crippen LogP contribution in [0.5, 0.6) is 0 Å². The molecule has 0 aliphatic heterocycles. The summed E-state index contributed by atoms with van der Waals surface area (Å²) in [6.45, 7) is 5.43. The highest BCUT2D eigenvalue weighted by molar-refractivity contribution is 7.13. The number of esters is 1. The first-order valence-electron chi connectivity index (χ1n) is 10.4. The number of primary amides is 1. The lowest BCUT2D eigenvalue weighted by Gasteiger charge is -2.20. The number of hydrogen-bond acceptors (Lipinski definition) is 5. The first kappa shape index (κ1) is 23.9. The molecule has 0 spiro atoms. The minimum absolute atomic E-state index is 0.0297. The van der Waals surface area contributed by atoms with Gasteiger partial charge in [-0.25, -0.2) is 0 Å². The number of thiophene rings is 1. The Labute approximate surface area is 197 Å². The summed E-state index contributed by atoms with van der Waals surface area (Å²) in [6, 6.07) is 16.2. The zero-order valence-corrected chi connectivity index (χ0v) is 19.6. The molecular weight excluding hydrogens is 436 g/mol. The summed E-state index contributed by atoms with van der Waals surface area (Å²) in [7, 11) is 0. The van der Waals surface area contributed by atoms with Gasteiger partial charge in [0.25, 0.3) is 0 Å². The molecule has 0 saturated heterocycles. The number of benzene rings is 2. The summed E-state index contributed by atoms with van der Waals surface area (Å²) in [4.78, 5) is 37.5. The topological polar surface area (TPSA) is 98.5 Å². The lowest BCUT2D eigenvalue weighted by molar-refractivity contribution is -0.153. The smallest absolute Gasteiger partial charge is 0.310 e.